The molecule has 1 unspecified atom stereocenters. The highest BCUT2D eigenvalue weighted by Crippen LogP contribution is 2.40. The van der Waals surface area contributed by atoms with E-state index in [9.17, 15) is 4.79 Å². The van der Waals surface area contributed by atoms with Crippen LogP contribution < -0.4 is 9.64 Å². The highest BCUT2D eigenvalue weighted by atomic mass is 35.5. The summed E-state index contributed by atoms with van der Waals surface area (Å²) in [6, 6.07) is 8.28. The number of anilines is 1. The molecule has 1 amide bonds. The number of amides is 1. The summed E-state index contributed by atoms with van der Waals surface area (Å²) in [5.74, 6) is 0.665. The summed E-state index contributed by atoms with van der Waals surface area (Å²) >= 11 is 6.94. The molecule has 38 heavy (non-hydrogen) atoms. The lowest BCUT2D eigenvalue weighted by atomic mass is 9.96. The third-order valence-corrected chi connectivity index (χ3v) is 7.30. The maximum Gasteiger partial charge on any atom is 0.319 e. The maximum absolute atomic E-state index is 12.1. The molecule has 5 rings (SSSR count). The fraction of sp³-hybridized carbons (Fsp3) is 0.357. The molecule has 1 atom stereocenters. The largest absolute Gasteiger partial charge is 0.458 e. The maximum atomic E-state index is 12.1. The van der Waals surface area contributed by atoms with Crippen LogP contribution in [0.4, 0.5) is 5.82 Å². The highest BCUT2D eigenvalue weighted by molar-refractivity contribution is 6.35. The number of ether oxygens (including phenoxy) is 2. The van der Waals surface area contributed by atoms with Gasteiger partial charge in [-0.25, -0.2) is 0 Å². The molecule has 0 radical (unpaired) electrons. The molecule has 10 heteroatoms. The number of hydrogen-bond acceptors (Lipinski definition) is 7. The van der Waals surface area contributed by atoms with Gasteiger partial charge in [-0.3, -0.25) is 9.89 Å². The molecule has 1 aliphatic rings. The van der Waals surface area contributed by atoms with E-state index < -0.39 is 0 Å². The quantitative estimate of drug-likeness (QED) is 0.325. The predicted octanol–water partition coefficient (Wildman–Crippen LogP) is 4.77. The Kier molecular flexibility index (Phi) is 7.49. The highest BCUT2D eigenvalue weighted by Gasteiger charge is 2.25. The summed E-state index contributed by atoms with van der Waals surface area (Å²) in [7, 11) is 1.65. The van der Waals surface area contributed by atoms with Crippen molar-refractivity contribution < 1.29 is 14.3 Å². The van der Waals surface area contributed by atoms with E-state index in [4.69, 9.17) is 31.0 Å². The Hall–Kier alpha value is -3.69. The van der Waals surface area contributed by atoms with Gasteiger partial charge in [0.15, 0.2) is 0 Å². The van der Waals surface area contributed by atoms with Crippen molar-refractivity contribution in [1.82, 2.24) is 25.1 Å². The molecule has 2 aromatic carbocycles. The smallest absolute Gasteiger partial charge is 0.319 e. The lowest BCUT2D eigenvalue weighted by Crippen LogP contribution is -2.48. The van der Waals surface area contributed by atoms with Crippen molar-refractivity contribution in [2.45, 2.75) is 26.4 Å². The van der Waals surface area contributed by atoms with Crippen LogP contribution in [-0.4, -0.2) is 77.0 Å². The number of nitrogens with one attached hydrogen (secondary N) is 1. The first-order valence-corrected chi connectivity index (χ1v) is 13.1. The number of aromatic nitrogens is 4. The molecule has 9 nitrogen and oxygen atoms in total. The zero-order valence-electron chi connectivity index (χ0n) is 21.8. The van der Waals surface area contributed by atoms with Crippen LogP contribution in [0.2, 0.25) is 5.02 Å². The average Bonchev–Trinajstić information content (AvgIpc) is 3.41. The third-order valence-electron chi connectivity index (χ3n) is 6.99. The van der Waals surface area contributed by atoms with Crippen molar-refractivity contribution in [2.24, 2.45) is 0 Å². The molecule has 198 valence electrons. The van der Waals surface area contributed by atoms with Gasteiger partial charge in [0.1, 0.15) is 11.9 Å². The number of aromatic amines is 1. The van der Waals surface area contributed by atoms with Crippen LogP contribution in [0.3, 0.4) is 0 Å². The Bertz CT molecular complexity index is 1500. The second-order valence-corrected chi connectivity index (χ2v) is 9.79. The van der Waals surface area contributed by atoms with Gasteiger partial charge in [-0.05, 0) is 48.7 Å². The topological polar surface area (TPSA) is 96.5 Å². The Balaban J connectivity index is 1.63. The van der Waals surface area contributed by atoms with Crippen molar-refractivity contribution in [3.05, 3.63) is 53.7 Å². The number of halogens is 1. The molecule has 4 aromatic rings. The molecule has 1 N–H and O–H groups in total. The van der Waals surface area contributed by atoms with E-state index in [1.807, 2.05) is 31.3 Å². The van der Waals surface area contributed by atoms with E-state index in [2.05, 4.69) is 34.7 Å². The second kappa shape index (κ2) is 11.0. The van der Waals surface area contributed by atoms with E-state index >= 15 is 0 Å². The minimum Gasteiger partial charge on any atom is -0.458 e. The van der Waals surface area contributed by atoms with E-state index in [1.165, 1.54) is 6.08 Å². The van der Waals surface area contributed by atoms with Gasteiger partial charge >= 0.3 is 6.01 Å². The minimum atomic E-state index is -0.180. The first kappa shape index (κ1) is 25.9. The van der Waals surface area contributed by atoms with Crippen LogP contribution in [0.1, 0.15) is 18.9 Å². The van der Waals surface area contributed by atoms with Crippen molar-refractivity contribution in [3.8, 4) is 17.1 Å². The van der Waals surface area contributed by atoms with Gasteiger partial charge in [-0.15, -0.1) is 0 Å². The predicted molar refractivity (Wildman–Crippen MR) is 150 cm³/mol. The molecule has 0 aliphatic carbocycles. The third kappa shape index (κ3) is 4.91. The molecular weight excluding hydrogens is 504 g/mol. The zero-order valence-corrected chi connectivity index (χ0v) is 22.6. The Morgan fingerprint density at radius 1 is 1.21 bits per heavy atom. The van der Waals surface area contributed by atoms with Crippen molar-refractivity contribution >= 4 is 45.1 Å². The summed E-state index contributed by atoms with van der Waals surface area (Å²) < 4.78 is 11.5. The van der Waals surface area contributed by atoms with Crippen LogP contribution in [0, 0.1) is 6.92 Å². The second-order valence-electron chi connectivity index (χ2n) is 9.39. The number of H-pyrrole nitrogens is 1. The average molecular weight is 535 g/mol. The lowest BCUT2D eigenvalue weighted by molar-refractivity contribution is -0.126. The molecule has 0 bridgehead atoms. The van der Waals surface area contributed by atoms with Gasteiger partial charge in [-0.2, -0.15) is 15.1 Å². The summed E-state index contributed by atoms with van der Waals surface area (Å²) in [6.07, 6.45) is 3.74. The SMILES string of the molecule is C=CC(=O)N1CCN(c2nc(OC(CC)COC)nc3cc(-c4c(C)ccc5[nH]ncc45)c(Cl)cc23)CC1. The van der Waals surface area contributed by atoms with Crippen LogP contribution in [0.25, 0.3) is 32.9 Å². The molecule has 0 spiro atoms. The molecule has 0 saturated carbocycles. The molecule has 1 saturated heterocycles. The standard InChI is InChI=1S/C28H31ClN6O3/c1-5-18(16-37-4)38-28-31-24-14-19(26-17(3)7-8-23-21(26)15-30-33-23)22(29)13-20(24)27(32-28)35-11-9-34(10-12-35)25(36)6-2/h6-8,13-15,18H,2,5,9-12,16H2,1,3-4H3,(H,30,33). The fourth-order valence-electron chi connectivity index (χ4n) is 4.92. The number of benzene rings is 2. The van der Waals surface area contributed by atoms with Gasteiger partial charge in [0.2, 0.25) is 5.91 Å². The number of aryl methyl sites for hydroxylation is 1. The number of rotatable bonds is 8. The van der Waals surface area contributed by atoms with E-state index in [1.54, 1.807) is 12.0 Å². The van der Waals surface area contributed by atoms with Gasteiger partial charge in [0.25, 0.3) is 0 Å². The van der Waals surface area contributed by atoms with Crippen LogP contribution >= 0.6 is 11.6 Å². The van der Waals surface area contributed by atoms with Crippen molar-refractivity contribution in [1.29, 1.82) is 0 Å². The Labute approximate surface area is 226 Å². The summed E-state index contributed by atoms with van der Waals surface area (Å²) in [5, 5.41) is 9.68. The summed E-state index contributed by atoms with van der Waals surface area (Å²) in [6.45, 7) is 10.5. The molecule has 3 heterocycles. The van der Waals surface area contributed by atoms with Gasteiger partial charge in [0, 0.05) is 54.6 Å². The molecule has 1 aliphatic heterocycles. The fourth-order valence-corrected chi connectivity index (χ4v) is 5.18. The van der Waals surface area contributed by atoms with Crippen LogP contribution in [0.15, 0.2) is 43.1 Å². The number of hydrogen-bond donors (Lipinski definition) is 1. The van der Waals surface area contributed by atoms with Crippen LogP contribution in [-0.2, 0) is 9.53 Å². The number of nitrogens with zero attached hydrogens (tertiary/aromatic N) is 5. The number of carbonyl (C=O) groups is 1. The summed E-state index contributed by atoms with van der Waals surface area (Å²) in [5.41, 5.74) is 4.62. The number of fused-ring (bicyclic) bond motifs is 2. The molecule has 1 fully saturated rings. The lowest BCUT2D eigenvalue weighted by Gasteiger charge is -2.35. The monoisotopic (exact) mass is 534 g/mol. The first-order chi connectivity index (χ1) is 18.4. The zero-order chi connectivity index (χ0) is 26.8. The summed E-state index contributed by atoms with van der Waals surface area (Å²) in [4.78, 5) is 25.7. The number of carbonyl (C=O) groups excluding carboxylic acids is 1. The Morgan fingerprint density at radius 2 is 2.00 bits per heavy atom. The van der Waals surface area contributed by atoms with Gasteiger partial charge in [-0.1, -0.05) is 31.2 Å². The van der Waals surface area contributed by atoms with Crippen LogP contribution in [0.5, 0.6) is 6.01 Å². The van der Waals surface area contributed by atoms with Gasteiger partial charge in [0.05, 0.1) is 23.8 Å². The number of piperazine rings is 1. The van der Waals surface area contributed by atoms with Crippen molar-refractivity contribution in [3.63, 3.8) is 0 Å². The minimum absolute atomic E-state index is 0.0666. The molecular formula is C28H31ClN6O3. The van der Waals surface area contributed by atoms with E-state index in [-0.39, 0.29) is 18.0 Å². The normalized spacial score (nSPS) is 14.7. The van der Waals surface area contributed by atoms with E-state index in [0.29, 0.717) is 37.8 Å². The molecule has 2 aromatic heterocycles. The Morgan fingerprint density at radius 3 is 2.71 bits per heavy atom. The van der Waals surface area contributed by atoms with E-state index in [0.717, 1.165) is 50.7 Å². The number of methoxy groups -OCH3 is 1. The first-order valence-electron chi connectivity index (χ1n) is 12.7. The van der Waals surface area contributed by atoms with Crippen molar-refractivity contribution in [2.75, 3.05) is 44.8 Å². The van der Waals surface area contributed by atoms with Gasteiger partial charge < -0.3 is 19.3 Å².